The van der Waals surface area contributed by atoms with Gasteiger partial charge in [-0.3, -0.25) is 0 Å². The number of imidazole rings is 1. The molecule has 0 aliphatic rings. The minimum atomic E-state index is -4.79. The van der Waals surface area contributed by atoms with Crippen molar-refractivity contribution in [3.8, 4) is 39.5 Å². The van der Waals surface area contributed by atoms with Gasteiger partial charge in [0.05, 0.1) is 11.9 Å². The maximum atomic E-state index is 13.5. The highest BCUT2D eigenvalue weighted by atomic mass is 19.4. The van der Waals surface area contributed by atoms with Crippen molar-refractivity contribution >= 4 is 5.78 Å². The minimum Gasteiger partial charge on any atom is -0.406 e. The number of alkyl halides is 3. The van der Waals surface area contributed by atoms with Crippen LogP contribution < -0.4 is 4.74 Å². The van der Waals surface area contributed by atoms with Gasteiger partial charge in [0.1, 0.15) is 28.8 Å². The van der Waals surface area contributed by atoms with E-state index >= 15 is 0 Å². The van der Waals surface area contributed by atoms with E-state index in [1.54, 1.807) is 30.5 Å². The lowest BCUT2D eigenvalue weighted by atomic mass is 10.0. The van der Waals surface area contributed by atoms with E-state index in [0.29, 0.717) is 33.8 Å². The van der Waals surface area contributed by atoms with Crippen molar-refractivity contribution in [2.45, 2.75) is 6.36 Å². The fourth-order valence-electron chi connectivity index (χ4n) is 3.40. The third-order valence-corrected chi connectivity index (χ3v) is 4.93. The zero-order valence-electron chi connectivity index (χ0n) is 17.1. The summed E-state index contributed by atoms with van der Waals surface area (Å²) in [6.45, 7) is 0. The maximum absolute atomic E-state index is 13.5. The molecule has 5 nitrogen and oxygen atoms in total. The second-order valence-corrected chi connectivity index (χ2v) is 7.27. The molecular weight excluding hydrogens is 455 g/mol. The van der Waals surface area contributed by atoms with Crippen molar-refractivity contribution in [3.63, 3.8) is 0 Å². The van der Waals surface area contributed by atoms with Crippen molar-refractivity contribution in [1.29, 1.82) is 0 Å². The van der Waals surface area contributed by atoms with E-state index in [-0.39, 0.29) is 11.5 Å². The molecule has 0 saturated heterocycles. The highest BCUT2D eigenvalue weighted by Crippen LogP contribution is 2.31. The Balaban J connectivity index is 1.60. The Morgan fingerprint density at radius 3 is 1.74 bits per heavy atom. The van der Waals surface area contributed by atoms with Gasteiger partial charge in [-0.15, -0.1) is 13.2 Å². The molecule has 3 aromatic carbocycles. The molecule has 10 heteroatoms. The number of fused-ring (bicyclic) bond motifs is 1. The van der Waals surface area contributed by atoms with Crippen molar-refractivity contribution in [2.24, 2.45) is 0 Å². The van der Waals surface area contributed by atoms with Gasteiger partial charge in [0.25, 0.3) is 5.78 Å². The summed E-state index contributed by atoms with van der Waals surface area (Å²) in [6, 6.07) is 16.6. The fourth-order valence-corrected chi connectivity index (χ4v) is 3.40. The van der Waals surface area contributed by atoms with Crippen LogP contribution in [0.4, 0.5) is 22.0 Å². The topological polar surface area (TPSA) is 52.3 Å². The van der Waals surface area contributed by atoms with Crippen LogP contribution in [0.5, 0.6) is 5.75 Å². The summed E-state index contributed by atoms with van der Waals surface area (Å²) in [4.78, 5) is 9.02. The van der Waals surface area contributed by atoms with Gasteiger partial charge in [-0.2, -0.15) is 5.10 Å². The Morgan fingerprint density at radius 1 is 0.647 bits per heavy atom. The molecule has 5 rings (SSSR count). The van der Waals surface area contributed by atoms with Crippen molar-refractivity contribution < 1.29 is 26.7 Å². The number of rotatable bonds is 4. The standard InChI is InChI=1S/C24H13F5N4O/c25-17-7-1-15(2-8-17)21-22(16-3-9-18(26)10-4-16)32-33-13-20(30-23(33)31-21)14-5-11-19(12-6-14)34-24(27,28)29/h1-13H. The lowest BCUT2D eigenvalue weighted by molar-refractivity contribution is -0.274. The molecule has 0 amide bonds. The van der Waals surface area contributed by atoms with E-state index in [2.05, 4.69) is 19.8 Å². The van der Waals surface area contributed by atoms with Crippen molar-refractivity contribution in [1.82, 2.24) is 19.6 Å². The Labute approximate surface area is 189 Å². The Hall–Kier alpha value is -4.34. The van der Waals surface area contributed by atoms with Crippen LogP contribution in [0.25, 0.3) is 39.5 Å². The predicted molar refractivity (Wildman–Crippen MR) is 114 cm³/mol. The molecule has 0 saturated carbocycles. The summed E-state index contributed by atoms with van der Waals surface area (Å²) in [5.41, 5.74) is 2.92. The molecule has 0 unspecified atom stereocenters. The van der Waals surface area contributed by atoms with E-state index in [9.17, 15) is 22.0 Å². The number of hydrogen-bond donors (Lipinski definition) is 0. The van der Waals surface area contributed by atoms with Gasteiger partial charge in [-0.05, 0) is 72.8 Å². The van der Waals surface area contributed by atoms with Crippen molar-refractivity contribution in [2.75, 3.05) is 0 Å². The summed E-state index contributed by atoms with van der Waals surface area (Å²) in [6.07, 6.45) is -3.21. The molecule has 0 N–H and O–H groups in total. The van der Waals surface area contributed by atoms with Gasteiger partial charge in [0.2, 0.25) is 0 Å². The molecule has 0 spiro atoms. The zero-order valence-corrected chi connectivity index (χ0v) is 17.1. The first kappa shape index (κ1) is 21.5. The second-order valence-electron chi connectivity index (χ2n) is 7.27. The van der Waals surface area contributed by atoms with E-state index in [1.807, 2.05) is 0 Å². The lowest BCUT2D eigenvalue weighted by Crippen LogP contribution is -2.16. The molecule has 0 aliphatic heterocycles. The molecule has 0 bridgehead atoms. The van der Waals surface area contributed by atoms with E-state index in [0.717, 1.165) is 0 Å². The quantitative estimate of drug-likeness (QED) is 0.291. The molecule has 34 heavy (non-hydrogen) atoms. The normalized spacial score (nSPS) is 11.7. The van der Waals surface area contributed by atoms with Crippen LogP contribution in [0.15, 0.2) is 79.0 Å². The van der Waals surface area contributed by atoms with Gasteiger partial charge in [0.15, 0.2) is 0 Å². The molecule has 2 aromatic heterocycles. The van der Waals surface area contributed by atoms with Gasteiger partial charge in [-0.1, -0.05) is 0 Å². The number of aromatic nitrogens is 4. The van der Waals surface area contributed by atoms with Gasteiger partial charge in [0, 0.05) is 16.7 Å². The number of ether oxygens (including phenoxy) is 1. The van der Waals surface area contributed by atoms with Crippen LogP contribution in [0.1, 0.15) is 0 Å². The average molecular weight is 468 g/mol. The van der Waals surface area contributed by atoms with E-state index in [1.165, 1.54) is 53.0 Å². The molecule has 0 atom stereocenters. The van der Waals surface area contributed by atoms with Gasteiger partial charge >= 0.3 is 6.36 Å². The monoisotopic (exact) mass is 468 g/mol. The van der Waals surface area contributed by atoms with Crippen LogP contribution in [0.3, 0.4) is 0 Å². The van der Waals surface area contributed by atoms with Gasteiger partial charge < -0.3 is 4.74 Å². The summed E-state index contributed by atoms with van der Waals surface area (Å²) in [7, 11) is 0. The Kier molecular flexibility index (Phi) is 5.20. The zero-order chi connectivity index (χ0) is 23.9. The Morgan fingerprint density at radius 2 is 1.18 bits per heavy atom. The average Bonchev–Trinajstić information content (AvgIpc) is 3.22. The van der Waals surface area contributed by atoms with E-state index in [4.69, 9.17) is 0 Å². The Bertz CT molecular complexity index is 1380. The van der Waals surface area contributed by atoms with Crippen LogP contribution in [0, 0.1) is 11.6 Å². The second kappa shape index (κ2) is 8.22. The van der Waals surface area contributed by atoms with Crippen molar-refractivity contribution in [3.05, 3.63) is 90.6 Å². The minimum absolute atomic E-state index is 0.218. The molecule has 5 aromatic rings. The summed E-state index contributed by atoms with van der Waals surface area (Å²) >= 11 is 0. The summed E-state index contributed by atoms with van der Waals surface area (Å²) < 4.78 is 69.5. The largest absolute Gasteiger partial charge is 0.573 e. The first-order valence-electron chi connectivity index (χ1n) is 9.91. The molecule has 2 heterocycles. The predicted octanol–water partition coefficient (Wildman–Crippen LogP) is 6.30. The molecule has 170 valence electrons. The third-order valence-electron chi connectivity index (χ3n) is 4.93. The SMILES string of the molecule is Fc1ccc(-c2nc3nc(-c4ccc(OC(F)(F)F)cc4)cn3nc2-c2ccc(F)cc2)cc1. The van der Waals surface area contributed by atoms with Crippen LogP contribution in [-0.2, 0) is 0 Å². The van der Waals surface area contributed by atoms with Gasteiger partial charge in [-0.25, -0.2) is 23.3 Å². The third kappa shape index (κ3) is 4.42. The van der Waals surface area contributed by atoms with Crippen LogP contribution >= 0.6 is 0 Å². The fraction of sp³-hybridized carbons (Fsp3) is 0.0417. The number of nitrogens with zero attached hydrogens (tertiary/aromatic N) is 4. The molecular formula is C24H13F5N4O. The highest BCUT2D eigenvalue weighted by molar-refractivity contribution is 5.78. The van der Waals surface area contributed by atoms with Crippen LogP contribution in [-0.4, -0.2) is 25.9 Å². The number of hydrogen-bond acceptors (Lipinski definition) is 4. The summed E-state index contributed by atoms with van der Waals surface area (Å²) in [5, 5.41) is 4.59. The van der Waals surface area contributed by atoms with E-state index < -0.39 is 18.0 Å². The highest BCUT2D eigenvalue weighted by Gasteiger charge is 2.31. The number of halogens is 5. The molecule has 0 fully saturated rings. The lowest BCUT2D eigenvalue weighted by Gasteiger charge is -2.09. The smallest absolute Gasteiger partial charge is 0.406 e. The summed E-state index contributed by atoms with van der Waals surface area (Å²) in [5.74, 6) is -0.963. The first-order valence-corrected chi connectivity index (χ1v) is 9.91. The maximum Gasteiger partial charge on any atom is 0.573 e. The van der Waals surface area contributed by atoms with Crippen LogP contribution in [0.2, 0.25) is 0 Å². The number of benzene rings is 3. The molecule has 0 radical (unpaired) electrons. The first-order chi connectivity index (χ1) is 16.2. The molecule has 0 aliphatic carbocycles.